The smallest absolute Gasteiger partial charge is 0.335 e. The second-order valence-electron chi connectivity index (χ2n) is 4.22. The molecule has 6 heteroatoms. The van der Waals surface area contributed by atoms with Crippen LogP contribution < -0.4 is 4.74 Å². The summed E-state index contributed by atoms with van der Waals surface area (Å²) in [5.41, 5.74) is 0.977. The van der Waals surface area contributed by atoms with Crippen LogP contribution in [-0.2, 0) is 9.84 Å². The van der Waals surface area contributed by atoms with Crippen molar-refractivity contribution in [3.8, 4) is 5.75 Å². The Balaban J connectivity index is 2.58. The van der Waals surface area contributed by atoms with Crippen molar-refractivity contribution in [2.45, 2.75) is 20.3 Å². The minimum Gasteiger partial charge on any atom is -0.493 e. The number of aryl methyl sites for hydroxylation is 1. The first kappa shape index (κ1) is 15.5. The van der Waals surface area contributed by atoms with Gasteiger partial charge >= 0.3 is 5.97 Å². The number of hydrogen-bond acceptors (Lipinski definition) is 4. The van der Waals surface area contributed by atoms with E-state index in [1.807, 2.05) is 6.92 Å². The van der Waals surface area contributed by atoms with Crippen molar-refractivity contribution in [3.63, 3.8) is 0 Å². The summed E-state index contributed by atoms with van der Waals surface area (Å²) in [6.45, 7) is 3.67. The van der Waals surface area contributed by atoms with Gasteiger partial charge in [0, 0.05) is 5.75 Å². The zero-order valence-corrected chi connectivity index (χ0v) is 11.9. The number of rotatable bonds is 7. The fraction of sp³-hybridized carbons (Fsp3) is 0.462. The maximum absolute atomic E-state index is 11.3. The Kier molecular flexibility index (Phi) is 5.35. The van der Waals surface area contributed by atoms with Gasteiger partial charge in [0.05, 0.1) is 17.9 Å². The average molecular weight is 286 g/mol. The molecular formula is C13H18O5S. The lowest BCUT2D eigenvalue weighted by Gasteiger charge is -2.09. The van der Waals surface area contributed by atoms with Gasteiger partial charge in [0.2, 0.25) is 0 Å². The van der Waals surface area contributed by atoms with E-state index in [0.29, 0.717) is 12.2 Å². The van der Waals surface area contributed by atoms with Gasteiger partial charge in [0.25, 0.3) is 0 Å². The molecule has 0 aliphatic heterocycles. The van der Waals surface area contributed by atoms with E-state index in [2.05, 4.69) is 0 Å². The quantitative estimate of drug-likeness (QED) is 0.774. The first-order chi connectivity index (χ1) is 8.85. The Morgan fingerprint density at radius 1 is 1.37 bits per heavy atom. The van der Waals surface area contributed by atoms with E-state index in [4.69, 9.17) is 9.84 Å². The van der Waals surface area contributed by atoms with Crippen LogP contribution >= 0.6 is 0 Å². The minimum atomic E-state index is -2.98. The molecule has 0 aromatic heterocycles. The first-order valence-corrected chi connectivity index (χ1v) is 7.85. The minimum absolute atomic E-state index is 0.0845. The summed E-state index contributed by atoms with van der Waals surface area (Å²) in [5, 5.41) is 8.88. The van der Waals surface area contributed by atoms with Crippen LogP contribution in [0.5, 0.6) is 5.75 Å². The number of ether oxygens (including phenoxy) is 1. The highest BCUT2D eigenvalue weighted by Gasteiger charge is 2.09. The molecule has 0 heterocycles. The lowest BCUT2D eigenvalue weighted by atomic mass is 10.1. The molecule has 0 spiro atoms. The third kappa shape index (κ3) is 4.90. The lowest BCUT2D eigenvalue weighted by Crippen LogP contribution is -2.12. The molecule has 0 saturated carbocycles. The summed E-state index contributed by atoms with van der Waals surface area (Å²) >= 11 is 0. The second-order valence-corrected chi connectivity index (χ2v) is 6.70. The molecule has 0 aliphatic rings. The van der Waals surface area contributed by atoms with Crippen molar-refractivity contribution in [2.24, 2.45) is 0 Å². The molecule has 0 bridgehead atoms. The maximum Gasteiger partial charge on any atom is 0.335 e. The second kappa shape index (κ2) is 6.56. The highest BCUT2D eigenvalue weighted by molar-refractivity contribution is 7.91. The number of carboxylic acid groups (broad SMARTS) is 1. The van der Waals surface area contributed by atoms with Gasteiger partial charge < -0.3 is 9.84 Å². The van der Waals surface area contributed by atoms with E-state index in [1.165, 1.54) is 12.1 Å². The number of hydrogen-bond donors (Lipinski definition) is 1. The van der Waals surface area contributed by atoms with Gasteiger partial charge in [-0.1, -0.05) is 13.0 Å². The first-order valence-electron chi connectivity index (χ1n) is 6.03. The molecule has 0 saturated heterocycles. The third-order valence-corrected chi connectivity index (χ3v) is 4.52. The molecule has 1 N–H and O–H groups in total. The third-order valence-electron chi connectivity index (χ3n) is 2.73. The molecule has 106 valence electrons. The molecular weight excluding hydrogens is 268 g/mol. The fourth-order valence-corrected chi connectivity index (χ4v) is 2.34. The van der Waals surface area contributed by atoms with Gasteiger partial charge in [0.15, 0.2) is 0 Å². The van der Waals surface area contributed by atoms with Crippen molar-refractivity contribution in [1.29, 1.82) is 0 Å². The zero-order valence-electron chi connectivity index (χ0n) is 11.0. The van der Waals surface area contributed by atoms with Crippen LogP contribution in [0, 0.1) is 6.92 Å². The predicted molar refractivity (Wildman–Crippen MR) is 72.6 cm³/mol. The summed E-state index contributed by atoms with van der Waals surface area (Å²) in [7, 11) is -2.98. The largest absolute Gasteiger partial charge is 0.493 e. The van der Waals surface area contributed by atoms with Gasteiger partial charge in [-0.3, -0.25) is 0 Å². The van der Waals surface area contributed by atoms with Gasteiger partial charge in [-0.05, 0) is 31.0 Å². The Morgan fingerprint density at radius 3 is 2.63 bits per heavy atom. The maximum atomic E-state index is 11.3. The van der Waals surface area contributed by atoms with Crippen molar-refractivity contribution >= 4 is 15.8 Å². The van der Waals surface area contributed by atoms with E-state index < -0.39 is 15.8 Å². The summed E-state index contributed by atoms with van der Waals surface area (Å²) in [4.78, 5) is 10.8. The number of carboxylic acids is 1. The van der Waals surface area contributed by atoms with E-state index >= 15 is 0 Å². The number of aromatic carboxylic acids is 1. The standard InChI is InChI=1S/C13H18O5S/c1-3-19(16,17)8-4-7-18-12-9-11(13(14)15)6-5-10(12)2/h5-6,9H,3-4,7-8H2,1-2H3,(H,14,15). The molecule has 0 fully saturated rings. The van der Waals surface area contributed by atoms with Gasteiger partial charge in [-0.2, -0.15) is 0 Å². The number of carbonyl (C=O) groups is 1. The monoisotopic (exact) mass is 286 g/mol. The molecule has 0 aliphatic carbocycles. The molecule has 0 amide bonds. The number of sulfone groups is 1. The van der Waals surface area contributed by atoms with Gasteiger partial charge in [-0.15, -0.1) is 0 Å². The summed E-state index contributed by atoms with van der Waals surface area (Å²) in [6, 6.07) is 4.62. The summed E-state index contributed by atoms with van der Waals surface area (Å²) < 4.78 is 28.0. The fourth-order valence-electron chi connectivity index (χ4n) is 1.49. The molecule has 0 atom stereocenters. The van der Waals surface area contributed by atoms with Gasteiger partial charge in [0.1, 0.15) is 15.6 Å². The van der Waals surface area contributed by atoms with Crippen molar-refractivity contribution in [3.05, 3.63) is 29.3 Å². The van der Waals surface area contributed by atoms with Crippen molar-refractivity contribution < 1.29 is 23.1 Å². The van der Waals surface area contributed by atoms with Crippen LogP contribution in [0.1, 0.15) is 29.3 Å². The Labute approximate surface area is 113 Å². The highest BCUT2D eigenvalue weighted by Crippen LogP contribution is 2.19. The Bertz CT molecular complexity index is 548. The van der Waals surface area contributed by atoms with Crippen LogP contribution in [0.15, 0.2) is 18.2 Å². The van der Waals surface area contributed by atoms with Crippen LogP contribution in [0.2, 0.25) is 0 Å². The van der Waals surface area contributed by atoms with E-state index in [1.54, 1.807) is 13.0 Å². The van der Waals surface area contributed by atoms with E-state index in [9.17, 15) is 13.2 Å². The van der Waals surface area contributed by atoms with Crippen LogP contribution in [0.25, 0.3) is 0 Å². The SMILES string of the molecule is CCS(=O)(=O)CCCOc1cc(C(=O)O)ccc1C. The molecule has 19 heavy (non-hydrogen) atoms. The number of benzene rings is 1. The van der Waals surface area contributed by atoms with E-state index in [0.717, 1.165) is 5.56 Å². The van der Waals surface area contributed by atoms with Crippen molar-refractivity contribution in [2.75, 3.05) is 18.1 Å². The Hall–Kier alpha value is -1.56. The zero-order chi connectivity index (χ0) is 14.5. The normalized spacial score (nSPS) is 11.3. The summed E-state index contributed by atoms with van der Waals surface area (Å²) in [6.07, 6.45) is 0.396. The topological polar surface area (TPSA) is 80.7 Å². The Morgan fingerprint density at radius 2 is 2.05 bits per heavy atom. The van der Waals surface area contributed by atoms with Gasteiger partial charge in [-0.25, -0.2) is 13.2 Å². The molecule has 1 rings (SSSR count). The van der Waals surface area contributed by atoms with Crippen molar-refractivity contribution in [1.82, 2.24) is 0 Å². The van der Waals surface area contributed by atoms with E-state index in [-0.39, 0.29) is 23.7 Å². The highest BCUT2D eigenvalue weighted by atomic mass is 32.2. The molecule has 5 nitrogen and oxygen atoms in total. The molecule has 1 aromatic rings. The van der Waals surface area contributed by atoms with Crippen LogP contribution in [-0.4, -0.2) is 37.6 Å². The molecule has 1 aromatic carbocycles. The lowest BCUT2D eigenvalue weighted by molar-refractivity contribution is 0.0696. The van der Waals surface area contributed by atoms with Crippen LogP contribution in [0.4, 0.5) is 0 Å². The predicted octanol–water partition coefficient (Wildman–Crippen LogP) is 1.90. The molecule has 0 unspecified atom stereocenters. The molecule has 0 radical (unpaired) electrons. The van der Waals surface area contributed by atoms with Crippen LogP contribution in [0.3, 0.4) is 0 Å². The average Bonchev–Trinajstić information content (AvgIpc) is 2.36. The summed E-state index contributed by atoms with van der Waals surface area (Å²) in [5.74, 6) is -0.325.